The lowest BCUT2D eigenvalue weighted by Gasteiger charge is -2.17. The minimum atomic E-state index is -0.510. The van der Waals surface area contributed by atoms with Crippen molar-refractivity contribution in [1.29, 1.82) is 0 Å². The van der Waals surface area contributed by atoms with Crippen LogP contribution in [0.1, 0.15) is 20.8 Å². The number of pyridine rings is 2. The van der Waals surface area contributed by atoms with Gasteiger partial charge in [0.2, 0.25) is 5.91 Å². The molecule has 0 unspecified atom stereocenters. The van der Waals surface area contributed by atoms with Crippen LogP contribution >= 0.6 is 0 Å². The maximum absolute atomic E-state index is 13.9. The summed E-state index contributed by atoms with van der Waals surface area (Å²) in [4.78, 5) is 24.6. The lowest BCUT2D eigenvalue weighted by atomic mass is 9.95. The van der Waals surface area contributed by atoms with Crippen LogP contribution in [0.3, 0.4) is 0 Å². The Labute approximate surface area is 218 Å². The van der Waals surface area contributed by atoms with Gasteiger partial charge in [0.1, 0.15) is 17.2 Å². The monoisotopic (exact) mass is 504 g/mol. The fourth-order valence-corrected chi connectivity index (χ4v) is 4.45. The number of hydrogen-bond donors (Lipinski definition) is 3. The smallest absolute Gasteiger partial charge is 0.229 e. The van der Waals surface area contributed by atoms with Crippen LogP contribution in [0.2, 0.25) is 0 Å². The molecule has 38 heavy (non-hydrogen) atoms. The maximum atomic E-state index is 13.9. The van der Waals surface area contributed by atoms with Crippen molar-refractivity contribution in [2.45, 2.75) is 20.8 Å². The van der Waals surface area contributed by atoms with Gasteiger partial charge in [0.15, 0.2) is 0 Å². The van der Waals surface area contributed by atoms with E-state index in [-0.39, 0.29) is 11.7 Å². The van der Waals surface area contributed by atoms with Gasteiger partial charge in [-0.3, -0.25) is 14.9 Å². The van der Waals surface area contributed by atoms with Crippen molar-refractivity contribution in [3.8, 4) is 33.6 Å². The highest BCUT2D eigenvalue weighted by Crippen LogP contribution is 2.35. The first-order chi connectivity index (χ1) is 18.3. The molecule has 0 saturated carbocycles. The quantitative estimate of drug-likeness (QED) is 0.242. The fraction of sp³-hybridized carbons (Fsp3) is 0.133. The molecule has 4 heterocycles. The summed E-state index contributed by atoms with van der Waals surface area (Å²) in [5.74, 6) is -0.361. The molecule has 6 aromatic rings. The molecule has 0 saturated heterocycles. The van der Waals surface area contributed by atoms with Gasteiger partial charge in [-0.2, -0.15) is 5.10 Å². The lowest BCUT2D eigenvalue weighted by molar-refractivity contribution is -0.123. The zero-order valence-electron chi connectivity index (χ0n) is 21.1. The summed E-state index contributed by atoms with van der Waals surface area (Å²) in [6.07, 6.45) is 5.12. The maximum Gasteiger partial charge on any atom is 0.229 e. The van der Waals surface area contributed by atoms with Crippen molar-refractivity contribution in [3.05, 3.63) is 85.1 Å². The lowest BCUT2D eigenvalue weighted by Crippen LogP contribution is -2.27. The molecule has 8 heteroatoms. The molecule has 0 aliphatic rings. The van der Waals surface area contributed by atoms with Crippen molar-refractivity contribution >= 4 is 33.5 Å². The minimum absolute atomic E-state index is 0.0750. The summed E-state index contributed by atoms with van der Waals surface area (Å²) in [6.45, 7) is 5.61. The molecule has 0 fully saturated rings. The van der Waals surface area contributed by atoms with Crippen LogP contribution in [-0.2, 0) is 4.79 Å². The average Bonchev–Trinajstić information content (AvgIpc) is 3.52. The molecule has 0 spiro atoms. The fourth-order valence-electron chi connectivity index (χ4n) is 4.45. The molecule has 0 bridgehead atoms. The molecular weight excluding hydrogens is 479 g/mol. The number of benzene rings is 2. The Morgan fingerprint density at radius 3 is 2.61 bits per heavy atom. The van der Waals surface area contributed by atoms with Crippen LogP contribution in [0.4, 0.5) is 10.1 Å². The zero-order chi connectivity index (χ0) is 26.4. The highest BCUT2D eigenvalue weighted by Gasteiger charge is 2.21. The highest BCUT2D eigenvalue weighted by atomic mass is 19.1. The van der Waals surface area contributed by atoms with Crippen molar-refractivity contribution in [2.24, 2.45) is 5.41 Å². The van der Waals surface area contributed by atoms with Gasteiger partial charge < -0.3 is 10.3 Å². The van der Waals surface area contributed by atoms with E-state index in [1.54, 1.807) is 24.7 Å². The van der Waals surface area contributed by atoms with Crippen LogP contribution in [0, 0.1) is 11.2 Å². The molecule has 7 nitrogen and oxygen atoms in total. The van der Waals surface area contributed by atoms with Crippen LogP contribution in [0.15, 0.2) is 79.3 Å². The van der Waals surface area contributed by atoms with E-state index in [0.717, 1.165) is 49.9 Å². The van der Waals surface area contributed by atoms with Crippen LogP contribution in [-0.4, -0.2) is 31.1 Å². The standard InChI is InChI=1S/C30H25FN6O/c1-30(2,3)29(38)34-21-12-19(15-32-16-21)17-7-8-25-24(13-17)27(37-36-25)26-14-23-22(9-10-33-28(23)35-26)18-5-4-6-20(31)11-18/h4-16H,1-3H3,(H,33,35)(H,34,38)(H,36,37). The van der Waals surface area contributed by atoms with Crippen LogP contribution in [0.5, 0.6) is 0 Å². The summed E-state index contributed by atoms with van der Waals surface area (Å²) in [7, 11) is 0. The Hall–Kier alpha value is -4.85. The Morgan fingerprint density at radius 2 is 1.79 bits per heavy atom. The van der Waals surface area contributed by atoms with Crippen molar-refractivity contribution < 1.29 is 9.18 Å². The van der Waals surface area contributed by atoms with Gasteiger partial charge in [0, 0.05) is 34.1 Å². The Kier molecular flexibility index (Phi) is 5.52. The van der Waals surface area contributed by atoms with E-state index in [4.69, 9.17) is 0 Å². The van der Waals surface area contributed by atoms with E-state index in [1.165, 1.54) is 12.1 Å². The van der Waals surface area contributed by atoms with Gasteiger partial charge in [-0.15, -0.1) is 0 Å². The predicted molar refractivity (Wildman–Crippen MR) is 148 cm³/mol. The van der Waals surface area contributed by atoms with E-state index in [1.807, 2.05) is 63.2 Å². The van der Waals surface area contributed by atoms with Gasteiger partial charge >= 0.3 is 0 Å². The first-order valence-electron chi connectivity index (χ1n) is 12.3. The topological polar surface area (TPSA) is 99.3 Å². The number of carbonyl (C=O) groups is 1. The van der Waals surface area contributed by atoms with Gasteiger partial charge in [-0.05, 0) is 59.2 Å². The Morgan fingerprint density at radius 1 is 0.921 bits per heavy atom. The third kappa shape index (κ3) is 4.30. The molecule has 0 aliphatic carbocycles. The predicted octanol–water partition coefficient (Wildman–Crippen LogP) is 6.96. The molecule has 0 atom stereocenters. The van der Waals surface area contributed by atoms with E-state index in [0.29, 0.717) is 11.3 Å². The van der Waals surface area contributed by atoms with E-state index in [2.05, 4.69) is 30.5 Å². The molecule has 4 aromatic heterocycles. The van der Waals surface area contributed by atoms with Crippen LogP contribution in [0.25, 0.3) is 55.6 Å². The SMILES string of the molecule is CC(C)(C)C(=O)Nc1cncc(-c2ccc3[nH]nc(-c4cc5c(-c6cccc(F)c6)ccnc5[nH]4)c3c2)c1. The van der Waals surface area contributed by atoms with Gasteiger partial charge in [-0.25, -0.2) is 9.37 Å². The number of aromatic nitrogens is 5. The number of amides is 1. The van der Waals surface area contributed by atoms with E-state index in [9.17, 15) is 9.18 Å². The molecular formula is C30H25FN6O. The first kappa shape index (κ1) is 23.5. The second kappa shape index (κ2) is 8.92. The summed E-state index contributed by atoms with van der Waals surface area (Å²) in [5, 5.41) is 12.4. The number of aromatic amines is 2. The van der Waals surface area contributed by atoms with Gasteiger partial charge in [-0.1, -0.05) is 39.0 Å². The molecule has 6 rings (SSSR count). The summed E-state index contributed by atoms with van der Waals surface area (Å²) < 4.78 is 13.9. The van der Waals surface area contributed by atoms with Gasteiger partial charge in [0.25, 0.3) is 0 Å². The second-order valence-electron chi connectivity index (χ2n) is 10.3. The summed E-state index contributed by atoms with van der Waals surface area (Å²) in [5.41, 5.74) is 6.73. The van der Waals surface area contributed by atoms with Crippen molar-refractivity contribution in [3.63, 3.8) is 0 Å². The zero-order valence-corrected chi connectivity index (χ0v) is 21.1. The first-order valence-corrected chi connectivity index (χ1v) is 12.3. The average molecular weight is 505 g/mol. The largest absolute Gasteiger partial charge is 0.338 e. The second-order valence-corrected chi connectivity index (χ2v) is 10.3. The summed E-state index contributed by atoms with van der Waals surface area (Å²) in [6, 6.07) is 18.3. The number of nitrogens with one attached hydrogen (secondary N) is 3. The number of hydrogen-bond acceptors (Lipinski definition) is 4. The summed E-state index contributed by atoms with van der Waals surface area (Å²) >= 11 is 0. The highest BCUT2D eigenvalue weighted by molar-refractivity contribution is 6.01. The van der Waals surface area contributed by atoms with Crippen molar-refractivity contribution in [1.82, 2.24) is 25.1 Å². The minimum Gasteiger partial charge on any atom is -0.338 e. The van der Waals surface area contributed by atoms with E-state index >= 15 is 0 Å². The molecule has 2 aromatic carbocycles. The number of anilines is 1. The number of H-pyrrole nitrogens is 2. The Balaban J connectivity index is 1.40. The number of rotatable bonds is 4. The third-order valence-electron chi connectivity index (χ3n) is 6.50. The molecule has 3 N–H and O–H groups in total. The third-order valence-corrected chi connectivity index (χ3v) is 6.50. The molecule has 0 aliphatic heterocycles. The number of nitrogens with zero attached hydrogens (tertiary/aromatic N) is 3. The Bertz CT molecular complexity index is 1830. The normalized spacial score (nSPS) is 11.8. The number of halogens is 1. The number of fused-ring (bicyclic) bond motifs is 2. The molecule has 188 valence electrons. The van der Waals surface area contributed by atoms with Crippen molar-refractivity contribution in [2.75, 3.05) is 5.32 Å². The van der Waals surface area contributed by atoms with Gasteiger partial charge in [0.05, 0.1) is 23.1 Å². The molecule has 1 amide bonds. The number of carbonyl (C=O) groups excluding carboxylic acids is 1. The molecule has 0 radical (unpaired) electrons. The van der Waals surface area contributed by atoms with E-state index < -0.39 is 5.41 Å². The van der Waals surface area contributed by atoms with Crippen LogP contribution < -0.4 is 5.32 Å².